The number of hydrogen-bond acceptors (Lipinski definition) is 4. The van der Waals surface area contributed by atoms with Crippen molar-refractivity contribution in [1.82, 2.24) is 4.98 Å². The van der Waals surface area contributed by atoms with Gasteiger partial charge in [-0.2, -0.15) is 0 Å². The molecule has 2 aromatic rings. The fraction of sp³-hybridized carbons (Fsp3) is 0.222. The maximum absolute atomic E-state index is 11.9. The van der Waals surface area contributed by atoms with Crippen molar-refractivity contribution in [2.45, 2.75) is 26.4 Å². The number of pyridine rings is 1. The molecule has 0 fully saturated rings. The summed E-state index contributed by atoms with van der Waals surface area (Å²) < 4.78 is 5.29. The fourth-order valence-corrected chi connectivity index (χ4v) is 1.80. The normalized spacial score (nSPS) is 10.6. The second-order valence-electron chi connectivity index (χ2n) is 6.01. The van der Waals surface area contributed by atoms with Gasteiger partial charge in [0.15, 0.2) is 5.43 Å². The van der Waals surface area contributed by atoms with Gasteiger partial charge in [-0.15, -0.1) is 0 Å². The monoisotopic (exact) mass is 310 g/mol. The number of nitrogens with two attached hydrogens (primary N) is 1. The van der Waals surface area contributed by atoms with Gasteiger partial charge in [0, 0.05) is 17.7 Å². The molecule has 0 bridgehead atoms. The predicted octanol–water partition coefficient (Wildman–Crippen LogP) is 2.31. The first-order valence-corrected chi connectivity index (χ1v) is 7.08. The van der Waals surface area contributed by atoms with E-state index in [-0.39, 0.29) is 17.2 Å². The Morgan fingerprint density at radius 3 is 2.35 bits per heavy atom. The standard InChI is InChI=1S/C18H18N2O3/c1-18(2,3)23-17(22)13-7-4-12(5-8-13)6-9-14-10-15(21)11-16(19)20-14/h4-5,7-8,10-11H,1-3H3,(H3,19,20,21). The van der Waals surface area contributed by atoms with E-state index in [0.717, 1.165) is 0 Å². The van der Waals surface area contributed by atoms with E-state index in [0.29, 0.717) is 16.8 Å². The van der Waals surface area contributed by atoms with Crippen molar-refractivity contribution in [1.29, 1.82) is 0 Å². The molecule has 0 amide bonds. The van der Waals surface area contributed by atoms with Crippen LogP contribution in [0.4, 0.5) is 5.82 Å². The van der Waals surface area contributed by atoms with Crippen molar-refractivity contribution in [3.63, 3.8) is 0 Å². The lowest BCUT2D eigenvalue weighted by molar-refractivity contribution is 0.00695. The molecule has 5 heteroatoms. The molecule has 0 aliphatic carbocycles. The molecule has 1 aromatic heterocycles. The molecule has 0 radical (unpaired) electrons. The molecule has 0 aliphatic heterocycles. The number of nitrogens with one attached hydrogen (secondary N) is 1. The Kier molecular flexibility index (Phi) is 4.56. The molecule has 0 unspecified atom stereocenters. The number of ether oxygens (including phenoxy) is 1. The highest BCUT2D eigenvalue weighted by atomic mass is 16.6. The third-order valence-electron chi connectivity index (χ3n) is 2.72. The van der Waals surface area contributed by atoms with Crippen LogP contribution in [-0.2, 0) is 4.74 Å². The first kappa shape index (κ1) is 16.4. The van der Waals surface area contributed by atoms with Crippen molar-refractivity contribution >= 4 is 11.8 Å². The van der Waals surface area contributed by atoms with E-state index in [1.165, 1.54) is 12.1 Å². The minimum absolute atomic E-state index is 0.203. The van der Waals surface area contributed by atoms with Gasteiger partial charge in [-0.25, -0.2) is 4.79 Å². The highest BCUT2D eigenvalue weighted by molar-refractivity contribution is 5.89. The largest absolute Gasteiger partial charge is 0.456 e. The van der Waals surface area contributed by atoms with Crippen molar-refractivity contribution in [2.24, 2.45) is 0 Å². The van der Waals surface area contributed by atoms with E-state index in [4.69, 9.17) is 10.5 Å². The lowest BCUT2D eigenvalue weighted by atomic mass is 10.1. The first-order valence-electron chi connectivity index (χ1n) is 7.08. The summed E-state index contributed by atoms with van der Waals surface area (Å²) in [5.41, 5.74) is 6.43. The molecule has 23 heavy (non-hydrogen) atoms. The number of nitrogen functional groups attached to an aromatic ring is 1. The summed E-state index contributed by atoms with van der Waals surface area (Å²) in [5, 5.41) is 0. The van der Waals surface area contributed by atoms with Crippen LogP contribution in [0.15, 0.2) is 41.2 Å². The van der Waals surface area contributed by atoms with E-state index in [1.54, 1.807) is 24.3 Å². The number of hydrogen-bond donors (Lipinski definition) is 2. The third kappa shape index (κ3) is 5.04. The van der Waals surface area contributed by atoms with Gasteiger partial charge in [0.25, 0.3) is 0 Å². The van der Waals surface area contributed by atoms with Crippen LogP contribution in [0.1, 0.15) is 42.4 Å². The number of benzene rings is 1. The average Bonchev–Trinajstić information content (AvgIpc) is 2.43. The van der Waals surface area contributed by atoms with Crippen LogP contribution in [0, 0.1) is 11.8 Å². The quantitative estimate of drug-likeness (QED) is 0.625. The molecule has 1 heterocycles. The Morgan fingerprint density at radius 2 is 1.78 bits per heavy atom. The molecule has 118 valence electrons. The van der Waals surface area contributed by atoms with E-state index in [9.17, 15) is 9.59 Å². The number of anilines is 1. The predicted molar refractivity (Wildman–Crippen MR) is 89.1 cm³/mol. The molecular weight excluding hydrogens is 292 g/mol. The van der Waals surface area contributed by atoms with Crippen molar-refractivity contribution in [2.75, 3.05) is 5.73 Å². The summed E-state index contributed by atoms with van der Waals surface area (Å²) >= 11 is 0. The molecular formula is C18H18N2O3. The minimum atomic E-state index is -0.533. The molecule has 3 N–H and O–H groups in total. The molecule has 0 saturated heterocycles. The zero-order valence-corrected chi connectivity index (χ0v) is 13.3. The number of esters is 1. The third-order valence-corrected chi connectivity index (χ3v) is 2.72. The van der Waals surface area contributed by atoms with Crippen LogP contribution in [0.5, 0.6) is 0 Å². The molecule has 0 atom stereocenters. The van der Waals surface area contributed by atoms with Gasteiger partial charge in [-0.05, 0) is 51.0 Å². The fourth-order valence-electron chi connectivity index (χ4n) is 1.80. The molecule has 5 nitrogen and oxygen atoms in total. The van der Waals surface area contributed by atoms with Crippen LogP contribution < -0.4 is 11.2 Å². The Morgan fingerprint density at radius 1 is 1.13 bits per heavy atom. The second kappa shape index (κ2) is 6.41. The lowest BCUT2D eigenvalue weighted by Crippen LogP contribution is -2.23. The van der Waals surface area contributed by atoms with Gasteiger partial charge in [0.05, 0.1) is 11.3 Å². The van der Waals surface area contributed by atoms with E-state index >= 15 is 0 Å². The van der Waals surface area contributed by atoms with Crippen LogP contribution in [0.3, 0.4) is 0 Å². The molecule has 0 aliphatic rings. The topological polar surface area (TPSA) is 85.2 Å². The van der Waals surface area contributed by atoms with E-state index < -0.39 is 5.60 Å². The van der Waals surface area contributed by atoms with Crippen LogP contribution in [-0.4, -0.2) is 16.6 Å². The van der Waals surface area contributed by atoms with Gasteiger partial charge >= 0.3 is 5.97 Å². The molecule has 2 rings (SSSR count). The van der Waals surface area contributed by atoms with Crippen molar-refractivity contribution in [3.05, 3.63) is 63.4 Å². The zero-order valence-electron chi connectivity index (χ0n) is 13.3. The summed E-state index contributed by atoms with van der Waals surface area (Å²) in [6.07, 6.45) is 0. The molecule has 0 spiro atoms. The maximum atomic E-state index is 11.9. The number of carbonyl (C=O) groups is 1. The van der Waals surface area contributed by atoms with Crippen LogP contribution in [0.2, 0.25) is 0 Å². The summed E-state index contributed by atoms with van der Waals surface area (Å²) in [7, 11) is 0. The number of rotatable bonds is 1. The van der Waals surface area contributed by atoms with E-state index in [2.05, 4.69) is 16.8 Å². The van der Waals surface area contributed by atoms with E-state index in [1.807, 2.05) is 20.8 Å². The summed E-state index contributed by atoms with van der Waals surface area (Å²) in [4.78, 5) is 26.1. The van der Waals surface area contributed by atoms with Gasteiger partial charge < -0.3 is 15.5 Å². The van der Waals surface area contributed by atoms with Gasteiger partial charge in [0.1, 0.15) is 11.4 Å². The van der Waals surface area contributed by atoms with Gasteiger partial charge in [0.2, 0.25) is 0 Å². The maximum Gasteiger partial charge on any atom is 0.338 e. The number of aromatic amines is 1. The summed E-state index contributed by atoms with van der Waals surface area (Å²) in [6, 6.07) is 9.41. The Labute approximate surface area is 134 Å². The lowest BCUT2D eigenvalue weighted by Gasteiger charge is -2.19. The SMILES string of the molecule is CC(C)(C)OC(=O)c1ccc(C#Cc2cc(=O)cc(N)[nH]2)cc1. The van der Waals surface area contributed by atoms with Crippen molar-refractivity contribution in [3.8, 4) is 11.8 Å². The van der Waals surface area contributed by atoms with Gasteiger partial charge in [-0.1, -0.05) is 5.92 Å². The second-order valence-corrected chi connectivity index (χ2v) is 6.01. The Balaban J connectivity index is 2.16. The highest BCUT2D eigenvalue weighted by Crippen LogP contribution is 2.12. The minimum Gasteiger partial charge on any atom is -0.456 e. The number of carbonyl (C=O) groups excluding carboxylic acids is 1. The summed E-state index contributed by atoms with van der Waals surface area (Å²) in [6.45, 7) is 5.45. The molecule has 1 aromatic carbocycles. The molecule has 0 saturated carbocycles. The summed E-state index contributed by atoms with van der Waals surface area (Å²) in [5.74, 6) is 5.62. The Hall–Kier alpha value is -3.00. The zero-order chi connectivity index (χ0) is 17.0. The number of aromatic nitrogens is 1. The Bertz CT molecular complexity index is 832. The number of H-pyrrole nitrogens is 1. The van der Waals surface area contributed by atoms with Crippen molar-refractivity contribution < 1.29 is 9.53 Å². The van der Waals surface area contributed by atoms with Crippen LogP contribution in [0.25, 0.3) is 0 Å². The van der Waals surface area contributed by atoms with Gasteiger partial charge in [-0.3, -0.25) is 4.79 Å². The first-order chi connectivity index (χ1) is 10.7. The smallest absolute Gasteiger partial charge is 0.338 e. The average molecular weight is 310 g/mol. The van der Waals surface area contributed by atoms with Crippen LogP contribution >= 0.6 is 0 Å². The highest BCUT2D eigenvalue weighted by Gasteiger charge is 2.17.